The van der Waals surface area contributed by atoms with Crippen LogP contribution >= 0.6 is 11.3 Å². The number of nitrogens with one attached hydrogen (secondary N) is 1. The quantitative estimate of drug-likeness (QED) is 0.911. The summed E-state index contributed by atoms with van der Waals surface area (Å²) in [5.41, 5.74) is 3.56. The van der Waals surface area contributed by atoms with Crippen LogP contribution < -0.4 is 14.8 Å². The maximum Gasteiger partial charge on any atom is 0.129 e. The topological polar surface area (TPSA) is 30.5 Å². The van der Waals surface area contributed by atoms with Crippen LogP contribution in [-0.2, 0) is 0 Å². The molecule has 0 amide bonds. The molecule has 1 unspecified atom stereocenters. The van der Waals surface area contributed by atoms with Crippen molar-refractivity contribution in [2.24, 2.45) is 0 Å². The summed E-state index contributed by atoms with van der Waals surface area (Å²) in [7, 11) is 5.39. The number of hydrogen-bond acceptors (Lipinski definition) is 4. The average Bonchev–Trinajstić information content (AvgIpc) is 2.88. The highest BCUT2D eigenvalue weighted by Crippen LogP contribution is 2.34. The molecule has 0 aliphatic carbocycles. The molecule has 1 heterocycles. The highest BCUT2D eigenvalue weighted by atomic mass is 32.1. The summed E-state index contributed by atoms with van der Waals surface area (Å²) in [6.07, 6.45) is 0. The molecule has 0 aliphatic heterocycles. The summed E-state index contributed by atoms with van der Waals surface area (Å²) in [4.78, 5) is 1.24. The Morgan fingerprint density at radius 2 is 1.70 bits per heavy atom. The Bertz CT molecular complexity index is 569. The summed E-state index contributed by atoms with van der Waals surface area (Å²) in [6, 6.07) is 6.62. The zero-order valence-electron chi connectivity index (χ0n) is 12.6. The first-order valence-electron chi connectivity index (χ1n) is 6.55. The van der Waals surface area contributed by atoms with Gasteiger partial charge in [-0.25, -0.2) is 0 Å². The molecule has 0 saturated carbocycles. The number of thiophene rings is 1. The monoisotopic (exact) mass is 291 g/mol. The van der Waals surface area contributed by atoms with Crippen molar-refractivity contribution in [2.45, 2.75) is 19.9 Å². The van der Waals surface area contributed by atoms with E-state index in [1.54, 1.807) is 25.6 Å². The van der Waals surface area contributed by atoms with Crippen LogP contribution in [-0.4, -0.2) is 21.3 Å². The van der Waals surface area contributed by atoms with Gasteiger partial charge in [-0.15, -0.1) is 11.3 Å². The van der Waals surface area contributed by atoms with Gasteiger partial charge in [0.1, 0.15) is 11.5 Å². The van der Waals surface area contributed by atoms with E-state index in [9.17, 15) is 0 Å². The molecule has 2 aromatic rings. The minimum Gasteiger partial charge on any atom is -0.496 e. The Morgan fingerprint density at radius 1 is 1.05 bits per heavy atom. The van der Waals surface area contributed by atoms with Crippen LogP contribution in [0, 0.1) is 13.8 Å². The zero-order valence-corrected chi connectivity index (χ0v) is 13.4. The summed E-state index contributed by atoms with van der Waals surface area (Å²) >= 11 is 1.70. The van der Waals surface area contributed by atoms with Crippen molar-refractivity contribution in [3.8, 4) is 11.5 Å². The van der Waals surface area contributed by atoms with Gasteiger partial charge in [0.15, 0.2) is 0 Å². The molecular weight excluding hydrogens is 270 g/mol. The molecule has 20 heavy (non-hydrogen) atoms. The van der Waals surface area contributed by atoms with Crippen LogP contribution in [0.2, 0.25) is 0 Å². The van der Waals surface area contributed by atoms with E-state index in [4.69, 9.17) is 9.47 Å². The van der Waals surface area contributed by atoms with E-state index in [0.29, 0.717) is 0 Å². The molecule has 2 rings (SSSR count). The molecule has 0 aliphatic rings. The van der Waals surface area contributed by atoms with Gasteiger partial charge in [0.05, 0.1) is 20.3 Å². The van der Waals surface area contributed by atoms with Crippen molar-refractivity contribution in [3.63, 3.8) is 0 Å². The minimum absolute atomic E-state index is 0.173. The molecule has 0 fully saturated rings. The van der Waals surface area contributed by atoms with Crippen LogP contribution in [0.3, 0.4) is 0 Å². The number of rotatable bonds is 5. The first kappa shape index (κ1) is 14.9. The third-order valence-electron chi connectivity index (χ3n) is 3.42. The second kappa shape index (κ2) is 6.29. The van der Waals surface area contributed by atoms with Crippen LogP contribution in [0.4, 0.5) is 0 Å². The molecule has 1 aromatic heterocycles. The Kier molecular flexibility index (Phi) is 4.68. The van der Waals surface area contributed by atoms with Gasteiger partial charge in [-0.3, -0.25) is 0 Å². The largest absolute Gasteiger partial charge is 0.496 e. The third kappa shape index (κ3) is 2.81. The molecule has 3 nitrogen and oxygen atoms in total. The van der Waals surface area contributed by atoms with Gasteiger partial charge in [0, 0.05) is 10.3 Å². The lowest BCUT2D eigenvalue weighted by Crippen LogP contribution is -2.17. The third-order valence-corrected chi connectivity index (χ3v) is 4.40. The van der Waals surface area contributed by atoms with Crippen molar-refractivity contribution in [2.75, 3.05) is 21.3 Å². The second-order valence-electron chi connectivity index (χ2n) is 4.80. The molecule has 0 spiro atoms. The van der Waals surface area contributed by atoms with E-state index in [1.165, 1.54) is 10.4 Å². The number of hydrogen-bond donors (Lipinski definition) is 1. The first-order chi connectivity index (χ1) is 9.60. The van der Waals surface area contributed by atoms with Crippen molar-refractivity contribution in [3.05, 3.63) is 45.1 Å². The number of benzene rings is 1. The lowest BCUT2D eigenvalue weighted by molar-refractivity contribution is 0.408. The molecule has 0 saturated heterocycles. The van der Waals surface area contributed by atoms with Gasteiger partial charge < -0.3 is 14.8 Å². The molecule has 0 radical (unpaired) electrons. The van der Waals surface area contributed by atoms with Crippen molar-refractivity contribution in [1.29, 1.82) is 0 Å². The summed E-state index contributed by atoms with van der Waals surface area (Å²) < 4.78 is 10.7. The van der Waals surface area contributed by atoms with Gasteiger partial charge in [-0.2, -0.15) is 0 Å². The van der Waals surface area contributed by atoms with Gasteiger partial charge in [0.25, 0.3) is 0 Å². The van der Waals surface area contributed by atoms with E-state index >= 15 is 0 Å². The maximum absolute atomic E-state index is 5.43. The molecule has 4 heteroatoms. The Labute approximate surface area is 124 Å². The zero-order chi connectivity index (χ0) is 14.7. The molecule has 108 valence electrons. The van der Waals surface area contributed by atoms with Gasteiger partial charge in [0.2, 0.25) is 0 Å². The van der Waals surface area contributed by atoms with E-state index in [2.05, 4.69) is 37.4 Å². The van der Waals surface area contributed by atoms with Gasteiger partial charge >= 0.3 is 0 Å². The van der Waals surface area contributed by atoms with Crippen LogP contribution in [0.15, 0.2) is 23.6 Å². The highest BCUT2D eigenvalue weighted by molar-refractivity contribution is 7.10. The fraction of sp³-hybridized carbons (Fsp3) is 0.375. The number of ether oxygens (including phenoxy) is 2. The second-order valence-corrected chi connectivity index (χ2v) is 5.74. The SMILES string of the molecule is CNC(c1cc(C)c(OC)c(C)c1)c1cc(OC)cs1. The molecule has 1 atom stereocenters. The standard InChI is InChI=1S/C16H21NO2S/c1-10-6-12(7-11(2)16(10)19-5)15(17-3)14-8-13(18-4)9-20-14/h6-9,15,17H,1-5H3. The van der Waals surface area contributed by atoms with Crippen LogP contribution in [0.5, 0.6) is 11.5 Å². The van der Waals surface area contributed by atoms with Crippen molar-refractivity contribution in [1.82, 2.24) is 5.32 Å². The van der Waals surface area contributed by atoms with Crippen LogP contribution in [0.1, 0.15) is 27.6 Å². The first-order valence-corrected chi connectivity index (χ1v) is 7.43. The predicted molar refractivity (Wildman–Crippen MR) is 84.2 cm³/mol. The maximum atomic E-state index is 5.43. The summed E-state index contributed by atoms with van der Waals surface area (Å²) in [5.74, 6) is 1.87. The molecule has 0 bridgehead atoms. The Morgan fingerprint density at radius 3 is 2.15 bits per heavy atom. The smallest absolute Gasteiger partial charge is 0.129 e. The molecule has 1 N–H and O–H groups in total. The van der Waals surface area contributed by atoms with E-state index in [1.807, 2.05) is 12.4 Å². The minimum atomic E-state index is 0.173. The lowest BCUT2D eigenvalue weighted by Gasteiger charge is -2.18. The molecule has 1 aromatic carbocycles. The van der Waals surface area contributed by atoms with Crippen molar-refractivity contribution >= 4 is 11.3 Å². The normalized spacial score (nSPS) is 12.2. The lowest BCUT2D eigenvalue weighted by atomic mass is 9.99. The van der Waals surface area contributed by atoms with Gasteiger partial charge in [-0.1, -0.05) is 12.1 Å². The van der Waals surface area contributed by atoms with E-state index in [0.717, 1.165) is 22.6 Å². The van der Waals surface area contributed by atoms with E-state index in [-0.39, 0.29) is 6.04 Å². The summed E-state index contributed by atoms with van der Waals surface area (Å²) in [6.45, 7) is 4.16. The summed E-state index contributed by atoms with van der Waals surface area (Å²) in [5, 5.41) is 5.41. The number of aryl methyl sites for hydroxylation is 2. The fourth-order valence-electron chi connectivity index (χ4n) is 2.54. The Balaban J connectivity index is 2.41. The van der Waals surface area contributed by atoms with Crippen molar-refractivity contribution < 1.29 is 9.47 Å². The average molecular weight is 291 g/mol. The fourth-order valence-corrected chi connectivity index (χ4v) is 3.53. The van der Waals surface area contributed by atoms with Gasteiger partial charge in [-0.05, 0) is 43.7 Å². The predicted octanol–water partition coefficient (Wildman–Crippen LogP) is 3.69. The van der Waals surface area contributed by atoms with E-state index < -0.39 is 0 Å². The number of methoxy groups -OCH3 is 2. The highest BCUT2D eigenvalue weighted by Gasteiger charge is 2.17. The molecular formula is C16H21NO2S. The van der Waals surface area contributed by atoms with Crippen LogP contribution in [0.25, 0.3) is 0 Å². The Hall–Kier alpha value is -1.52.